The van der Waals surface area contributed by atoms with Crippen LogP contribution in [0, 0.1) is 16.7 Å². The van der Waals surface area contributed by atoms with E-state index < -0.39 is 11.6 Å². The second kappa shape index (κ2) is 3.14. The zero-order valence-corrected chi connectivity index (χ0v) is 8.26. The number of carbonyl (C=O) groups is 1. The average Bonchev–Trinajstić information content (AvgIpc) is 1.83. The molecular formula is C9H15NO2. The van der Waals surface area contributed by atoms with Gasteiger partial charge in [-0.1, -0.05) is 20.8 Å². The molecule has 12 heavy (non-hydrogen) atoms. The van der Waals surface area contributed by atoms with E-state index in [1.807, 2.05) is 26.8 Å². The van der Waals surface area contributed by atoms with Crippen molar-refractivity contribution in [1.29, 1.82) is 5.26 Å². The molecule has 0 radical (unpaired) electrons. The fraction of sp³-hybridized carbons (Fsp3) is 0.778. The van der Waals surface area contributed by atoms with E-state index in [1.54, 1.807) is 6.92 Å². The van der Waals surface area contributed by atoms with Crippen LogP contribution >= 0.6 is 0 Å². The summed E-state index contributed by atoms with van der Waals surface area (Å²) in [5, 5.41) is 8.84. The Labute approximate surface area is 73.3 Å². The van der Waals surface area contributed by atoms with Crippen molar-refractivity contribution in [2.45, 2.75) is 40.2 Å². The van der Waals surface area contributed by atoms with Gasteiger partial charge in [-0.05, 0) is 6.92 Å². The maximum absolute atomic E-state index is 10.7. The van der Waals surface area contributed by atoms with Crippen molar-refractivity contribution in [3.63, 3.8) is 0 Å². The lowest BCUT2D eigenvalue weighted by atomic mass is 9.78. The molecule has 0 aromatic carbocycles. The van der Waals surface area contributed by atoms with Gasteiger partial charge in [0.25, 0.3) is 0 Å². The molecule has 3 nitrogen and oxygen atoms in total. The molecule has 3 heteroatoms. The highest BCUT2D eigenvalue weighted by molar-refractivity contribution is 5.67. The molecule has 0 saturated carbocycles. The van der Waals surface area contributed by atoms with Crippen LogP contribution in [0.5, 0.6) is 0 Å². The van der Waals surface area contributed by atoms with Crippen LogP contribution in [0.3, 0.4) is 0 Å². The van der Waals surface area contributed by atoms with Crippen molar-refractivity contribution in [2.75, 3.05) is 0 Å². The van der Waals surface area contributed by atoms with Crippen LogP contribution in [0.25, 0.3) is 0 Å². The zero-order valence-electron chi connectivity index (χ0n) is 8.26. The van der Waals surface area contributed by atoms with Crippen LogP contribution in [0.2, 0.25) is 0 Å². The summed E-state index contributed by atoms with van der Waals surface area (Å²) in [6.45, 7) is 8.51. The molecule has 0 aromatic heterocycles. The number of hydrogen-bond donors (Lipinski definition) is 0. The highest BCUT2D eigenvalue weighted by atomic mass is 16.6. The first kappa shape index (κ1) is 11.0. The first-order valence-corrected chi connectivity index (χ1v) is 3.84. The van der Waals surface area contributed by atoms with Crippen molar-refractivity contribution in [2.24, 2.45) is 5.41 Å². The van der Waals surface area contributed by atoms with E-state index in [0.29, 0.717) is 0 Å². The van der Waals surface area contributed by atoms with Crippen molar-refractivity contribution in [3.8, 4) is 6.07 Å². The van der Waals surface area contributed by atoms with Crippen molar-refractivity contribution >= 4 is 5.97 Å². The van der Waals surface area contributed by atoms with Crippen molar-refractivity contribution < 1.29 is 9.53 Å². The number of rotatable bonds is 1. The largest absolute Gasteiger partial charge is 0.444 e. The second-order valence-corrected chi connectivity index (χ2v) is 3.99. The number of carbonyl (C=O) groups excluding carboxylic acids is 1. The van der Waals surface area contributed by atoms with Gasteiger partial charge in [0.2, 0.25) is 0 Å². The predicted molar refractivity (Wildman–Crippen MR) is 45.2 cm³/mol. The van der Waals surface area contributed by atoms with Gasteiger partial charge in [-0.2, -0.15) is 5.26 Å². The molecule has 0 N–H and O–H groups in total. The Morgan fingerprint density at radius 1 is 1.33 bits per heavy atom. The van der Waals surface area contributed by atoms with Gasteiger partial charge in [0, 0.05) is 12.3 Å². The minimum atomic E-state index is -1.04. The topological polar surface area (TPSA) is 50.1 Å². The fourth-order valence-corrected chi connectivity index (χ4v) is 0.631. The van der Waals surface area contributed by atoms with Crippen LogP contribution in [-0.2, 0) is 9.53 Å². The Bertz CT molecular complexity index is 222. The minimum absolute atomic E-state index is 0.368. The molecule has 68 valence electrons. The van der Waals surface area contributed by atoms with Gasteiger partial charge in [-0.15, -0.1) is 0 Å². The van der Waals surface area contributed by atoms with Gasteiger partial charge in [0.05, 0.1) is 0 Å². The summed E-state index contributed by atoms with van der Waals surface area (Å²) in [4.78, 5) is 10.7. The number of esters is 1. The van der Waals surface area contributed by atoms with Crippen LogP contribution in [-0.4, -0.2) is 11.6 Å². The second-order valence-electron chi connectivity index (χ2n) is 3.99. The van der Waals surface area contributed by atoms with Crippen molar-refractivity contribution in [3.05, 3.63) is 0 Å². The lowest BCUT2D eigenvalue weighted by Gasteiger charge is -2.34. The summed E-state index contributed by atoms with van der Waals surface area (Å²) in [7, 11) is 0. The number of nitriles is 1. The van der Waals surface area contributed by atoms with E-state index in [0.717, 1.165) is 0 Å². The molecule has 0 aliphatic carbocycles. The standard InChI is InChI=1S/C9H15NO2/c1-7(11)12-9(5,6-10)8(2,3)4/h1-5H3. The van der Waals surface area contributed by atoms with Gasteiger partial charge in [-0.3, -0.25) is 4.79 Å². The minimum Gasteiger partial charge on any atom is -0.444 e. The van der Waals surface area contributed by atoms with Crippen LogP contribution < -0.4 is 0 Å². The number of hydrogen-bond acceptors (Lipinski definition) is 3. The van der Waals surface area contributed by atoms with Crippen LogP contribution in [0.15, 0.2) is 0 Å². The third kappa shape index (κ3) is 2.23. The summed E-state index contributed by atoms with van der Waals surface area (Å²) in [6.07, 6.45) is 0. The van der Waals surface area contributed by atoms with E-state index >= 15 is 0 Å². The molecule has 0 fully saturated rings. The van der Waals surface area contributed by atoms with Crippen LogP contribution in [0.4, 0.5) is 0 Å². The Morgan fingerprint density at radius 2 is 1.75 bits per heavy atom. The predicted octanol–water partition coefficient (Wildman–Crippen LogP) is 1.88. The Hall–Kier alpha value is -1.04. The normalized spacial score (nSPS) is 16.0. The Balaban J connectivity index is 4.72. The monoisotopic (exact) mass is 169 g/mol. The van der Waals surface area contributed by atoms with E-state index in [9.17, 15) is 4.79 Å². The quantitative estimate of drug-likeness (QED) is 0.563. The number of ether oxygens (including phenoxy) is 1. The van der Waals surface area contributed by atoms with Gasteiger partial charge < -0.3 is 4.74 Å². The Kier molecular flexibility index (Phi) is 2.87. The van der Waals surface area contributed by atoms with Gasteiger partial charge in [-0.25, -0.2) is 0 Å². The lowest BCUT2D eigenvalue weighted by Crippen LogP contribution is -2.42. The molecule has 0 rings (SSSR count). The smallest absolute Gasteiger partial charge is 0.304 e. The average molecular weight is 169 g/mol. The molecule has 1 atom stereocenters. The molecule has 0 saturated heterocycles. The van der Waals surface area contributed by atoms with E-state index in [-0.39, 0.29) is 5.41 Å². The zero-order chi connectivity index (χ0) is 9.99. The van der Waals surface area contributed by atoms with E-state index in [4.69, 9.17) is 10.00 Å². The lowest BCUT2D eigenvalue weighted by molar-refractivity contribution is -0.158. The molecule has 1 unspecified atom stereocenters. The summed E-state index contributed by atoms with van der Waals surface area (Å²) in [6, 6.07) is 2.01. The summed E-state index contributed by atoms with van der Waals surface area (Å²) in [5.41, 5.74) is -1.41. The highest BCUT2D eigenvalue weighted by Gasteiger charge is 2.40. The van der Waals surface area contributed by atoms with E-state index in [1.165, 1.54) is 6.92 Å². The Morgan fingerprint density at radius 3 is 1.83 bits per heavy atom. The number of nitrogens with zero attached hydrogens (tertiary/aromatic N) is 1. The molecule has 0 heterocycles. The highest BCUT2D eigenvalue weighted by Crippen LogP contribution is 2.32. The first-order chi connectivity index (χ1) is 5.23. The third-order valence-corrected chi connectivity index (χ3v) is 1.99. The molecule has 0 amide bonds. The molecule has 0 aromatic rings. The molecule has 0 bridgehead atoms. The molecule has 0 aliphatic rings. The summed E-state index contributed by atoms with van der Waals surface area (Å²) in [5.74, 6) is -0.422. The van der Waals surface area contributed by atoms with E-state index in [2.05, 4.69) is 0 Å². The molecule has 0 spiro atoms. The maximum atomic E-state index is 10.7. The summed E-state index contributed by atoms with van der Waals surface area (Å²) < 4.78 is 4.95. The molecular weight excluding hydrogens is 154 g/mol. The third-order valence-electron chi connectivity index (χ3n) is 1.99. The van der Waals surface area contributed by atoms with Gasteiger partial charge in [0.15, 0.2) is 5.60 Å². The van der Waals surface area contributed by atoms with Crippen molar-refractivity contribution in [1.82, 2.24) is 0 Å². The first-order valence-electron chi connectivity index (χ1n) is 3.84. The summed E-state index contributed by atoms with van der Waals surface area (Å²) >= 11 is 0. The van der Waals surface area contributed by atoms with Gasteiger partial charge >= 0.3 is 5.97 Å². The fourth-order valence-electron chi connectivity index (χ4n) is 0.631. The maximum Gasteiger partial charge on any atom is 0.304 e. The van der Waals surface area contributed by atoms with Gasteiger partial charge in [0.1, 0.15) is 6.07 Å². The molecule has 0 aliphatic heterocycles. The van der Waals surface area contributed by atoms with Crippen LogP contribution in [0.1, 0.15) is 34.6 Å². The SMILES string of the molecule is CC(=O)OC(C)(C#N)C(C)(C)C.